The molecule has 1 N–H and O–H groups in total. The van der Waals surface area contributed by atoms with Gasteiger partial charge in [0.25, 0.3) is 0 Å². The van der Waals surface area contributed by atoms with Crippen molar-refractivity contribution in [3.63, 3.8) is 0 Å². The normalized spacial score (nSPS) is 30.1. The highest BCUT2D eigenvalue weighted by molar-refractivity contribution is 8.13. The Morgan fingerprint density at radius 2 is 1.95 bits per heavy atom. The molecule has 2 fully saturated rings. The predicted molar refractivity (Wildman–Crippen MR) is 86.9 cm³/mol. The van der Waals surface area contributed by atoms with Crippen LogP contribution in [0.15, 0.2) is 4.99 Å². The molecule has 0 bridgehead atoms. The minimum Gasteiger partial charge on any atom is -0.362 e. The first-order valence-corrected chi connectivity index (χ1v) is 8.81. The lowest BCUT2D eigenvalue weighted by Crippen LogP contribution is -2.46. The zero-order chi connectivity index (χ0) is 13.9. The molecule has 0 spiro atoms. The summed E-state index contributed by atoms with van der Waals surface area (Å²) >= 11 is 1.91. The van der Waals surface area contributed by atoms with E-state index in [-0.39, 0.29) is 0 Å². The molecule has 1 unspecified atom stereocenters. The van der Waals surface area contributed by atoms with E-state index in [0.717, 1.165) is 6.54 Å². The molecule has 1 saturated heterocycles. The molecular formula is C16H30N2S. The quantitative estimate of drug-likeness (QED) is 0.809. The number of thioether (sulfide) groups is 1. The second-order valence-electron chi connectivity index (χ2n) is 7.69. The molecule has 1 saturated carbocycles. The Morgan fingerprint density at radius 3 is 2.58 bits per heavy atom. The van der Waals surface area contributed by atoms with Crippen molar-refractivity contribution in [1.29, 1.82) is 0 Å². The van der Waals surface area contributed by atoms with Crippen LogP contribution in [0.5, 0.6) is 0 Å². The lowest BCUT2D eigenvalue weighted by molar-refractivity contribution is 0.226. The van der Waals surface area contributed by atoms with E-state index in [1.54, 1.807) is 0 Å². The van der Waals surface area contributed by atoms with Crippen molar-refractivity contribution >= 4 is 16.9 Å². The molecule has 1 heterocycles. The largest absolute Gasteiger partial charge is 0.362 e. The fourth-order valence-electron chi connectivity index (χ4n) is 3.10. The van der Waals surface area contributed by atoms with Crippen molar-refractivity contribution in [2.45, 2.75) is 72.3 Å². The van der Waals surface area contributed by atoms with E-state index in [9.17, 15) is 0 Å². The van der Waals surface area contributed by atoms with Gasteiger partial charge in [-0.1, -0.05) is 58.7 Å². The van der Waals surface area contributed by atoms with Gasteiger partial charge < -0.3 is 5.32 Å². The SMILES string of the molecule is CC1(CN=C2NC(C(C)(C)C)CCS2)CCCCC1. The van der Waals surface area contributed by atoms with Crippen molar-refractivity contribution in [1.82, 2.24) is 5.32 Å². The average molecular weight is 282 g/mol. The van der Waals surface area contributed by atoms with E-state index in [0.29, 0.717) is 16.9 Å². The number of rotatable bonds is 2. The highest BCUT2D eigenvalue weighted by Crippen LogP contribution is 2.36. The first-order valence-electron chi connectivity index (χ1n) is 7.83. The summed E-state index contributed by atoms with van der Waals surface area (Å²) in [6, 6.07) is 0.576. The maximum Gasteiger partial charge on any atom is 0.156 e. The first kappa shape index (κ1) is 15.2. The third-order valence-corrected chi connectivity index (χ3v) is 5.61. The summed E-state index contributed by atoms with van der Waals surface area (Å²) in [4.78, 5) is 4.91. The molecule has 0 aromatic carbocycles. The van der Waals surface area contributed by atoms with Gasteiger partial charge in [-0.05, 0) is 30.1 Å². The predicted octanol–water partition coefficient (Wildman–Crippen LogP) is 4.45. The number of nitrogens with one attached hydrogen (secondary N) is 1. The second-order valence-corrected chi connectivity index (χ2v) is 8.78. The molecule has 0 radical (unpaired) electrons. The summed E-state index contributed by atoms with van der Waals surface area (Å²) in [5.74, 6) is 1.21. The Bertz CT molecular complexity index is 324. The molecule has 110 valence electrons. The molecule has 2 nitrogen and oxygen atoms in total. The summed E-state index contributed by atoms with van der Waals surface area (Å²) < 4.78 is 0. The van der Waals surface area contributed by atoms with Crippen molar-refractivity contribution in [3.05, 3.63) is 0 Å². The van der Waals surface area contributed by atoms with Crippen molar-refractivity contribution in [2.24, 2.45) is 15.8 Å². The highest BCUT2D eigenvalue weighted by Gasteiger charge is 2.30. The van der Waals surface area contributed by atoms with E-state index in [2.05, 4.69) is 33.0 Å². The number of hydrogen-bond acceptors (Lipinski definition) is 2. The minimum absolute atomic E-state index is 0.330. The van der Waals surface area contributed by atoms with Crippen LogP contribution in [-0.2, 0) is 0 Å². The Kier molecular flexibility index (Phi) is 4.86. The van der Waals surface area contributed by atoms with Crippen LogP contribution in [0.1, 0.15) is 66.2 Å². The van der Waals surface area contributed by atoms with E-state index in [4.69, 9.17) is 4.99 Å². The van der Waals surface area contributed by atoms with Gasteiger partial charge in [0.2, 0.25) is 0 Å². The Hall–Kier alpha value is -0.180. The van der Waals surface area contributed by atoms with Crippen LogP contribution in [0.25, 0.3) is 0 Å². The molecule has 2 rings (SSSR count). The van der Waals surface area contributed by atoms with Crippen LogP contribution < -0.4 is 5.32 Å². The van der Waals surface area contributed by atoms with Gasteiger partial charge in [-0.2, -0.15) is 0 Å². The van der Waals surface area contributed by atoms with E-state index in [1.165, 1.54) is 49.4 Å². The van der Waals surface area contributed by atoms with Gasteiger partial charge in [0.15, 0.2) is 5.17 Å². The van der Waals surface area contributed by atoms with Crippen LogP contribution >= 0.6 is 11.8 Å². The highest BCUT2D eigenvalue weighted by atomic mass is 32.2. The van der Waals surface area contributed by atoms with Gasteiger partial charge in [0, 0.05) is 18.3 Å². The molecule has 1 atom stereocenters. The maximum absolute atomic E-state index is 4.91. The summed E-state index contributed by atoms with van der Waals surface area (Å²) in [5, 5.41) is 4.86. The van der Waals surface area contributed by atoms with E-state index in [1.807, 2.05) is 11.8 Å². The van der Waals surface area contributed by atoms with Crippen molar-refractivity contribution in [2.75, 3.05) is 12.3 Å². The molecule has 1 aliphatic carbocycles. The summed E-state index contributed by atoms with van der Waals surface area (Å²) in [6.07, 6.45) is 8.18. The van der Waals surface area contributed by atoms with E-state index < -0.39 is 0 Å². The first-order chi connectivity index (χ1) is 8.89. The fourth-order valence-corrected chi connectivity index (χ4v) is 4.03. The molecule has 0 amide bonds. The standard InChI is InChI=1S/C16H30N2S/c1-15(2,3)13-8-11-19-14(18-13)17-12-16(4)9-6-5-7-10-16/h13H,5-12H2,1-4H3,(H,17,18). The lowest BCUT2D eigenvalue weighted by Gasteiger charge is -2.36. The molecular weight excluding hydrogens is 252 g/mol. The number of nitrogens with zero attached hydrogens (tertiary/aromatic N) is 1. The third-order valence-electron chi connectivity index (χ3n) is 4.65. The minimum atomic E-state index is 0.330. The maximum atomic E-state index is 4.91. The number of aliphatic imine (C=N–C) groups is 1. The fraction of sp³-hybridized carbons (Fsp3) is 0.938. The summed E-state index contributed by atoms with van der Waals surface area (Å²) in [6.45, 7) is 10.4. The number of amidine groups is 1. The smallest absolute Gasteiger partial charge is 0.156 e. The van der Waals surface area contributed by atoms with Gasteiger partial charge in [0.05, 0.1) is 0 Å². The molecule has 2 aliphatic rings. The zero-order valence-electron chi connectivity index (χ0n) is 13.1. The Labute approximate surface area is 123 Å². The van der Waals surface area contributed by atoms with Gasteiger partial charge in [0.1, 0.15) is 0 Å². The van der Waals surface area contributed by atoms with Crippen LogP contribution in [0.3, 0.4) is 0 Å². The lowest BCUT2D eigenvalue weighted by atomic mass is 9.76. The van der Waals surface area contributed by atoms with Gasteiger partial charge in [-0.15, -0.1) is 0 Å². The van der Waals surface area contributed by atoms with Crippen molar-refractivity contribution < 1.29 is 0 Å². The Balaban J connectivity index is 1.91. The average Bonchev–Trinajstić information content (AvgIpc) is 2.37. The molecule has 0 aromatic heterocycles. The monoisotopic (exact) mass is 282 g/mol. The third kappa shape index (κ3) is 4.40. The van der Waals surface area contributed by atoms with Crippen LogP contribution in [0.4, 0.5) is 0 Å². The van der Waals surface area contributed by atoms with Gasteiger partial charge in [-0.3, -0.25) is 4.99 Å². The molecule has 0 aromatic rings. The second kappa shape index (κ2) is 6.07. The van der Waals surface area contributed by atoms with Gasteiger partial charge >= 0.3 is 0 Å². The molecule has 19 heavy (non-hydrogen) atoms. The van der Waals surface area contributed by atoms with Crippen molar-refractivity contribution in [3.8, 4) is 0 Å². The summed E-state index contributed by atoms with van der Waals surface area (Å²) in [5.41, 5.74) is 0.790. The topological polar surface area (TPSA) is 24.4 Å². The van der Waals surface area contributed by atoms with Crippen LogP contribution in [0, 0.1) is 10.8 Å². The van der Waals surface area contributed by atoms with Crippen LogP contribution in [-0.4, -0.2) is 23.5 Å². The molecule has 3 heteroatoms. The zero-order valence-corrected chi connectivity index (χ0v) is 13.9. The van der Waals surface area contributed by atoms with E-state index >= 15 is 0 Å². The Morgan fingerprint density at radius 1 is 1.26 bits per heavy atom. The summed E-state index contributed by atoms with van der Waals surface area (Å²) in [7, 11) is 0. The van der Waals surface area contributed by atoms with Gasteiger partial charge in [-0.25, -0.2) is 0 Å². The van der Waals surface area contributed by atoms with Crippen LogP contribution in [0.2, 0.25) is 0 Å². The number of hydrogen-bond donors (Lipinski definition) is 1. The molecule has 1 aliphatic heterocycles.